The number of nitrogens with one attached hydrogen (secondary N) is 2. The molecule has 0 aliphatic carbocycles. The number of benzene rings is 1. The third kappa shape index (κ3) is 5.81. The average Bonchev–Trinajstić information content (AvgIpc) is 3.09. The molecule has 1 heterocycles. The van der Waals surface area contributed by atoms with Crippen LogP contribution in [0.3, 0.4) is 0 Å². The number of sulfonamides is 1. The Kier molecular flexibility index (Phi) is 6.70. The van der Waals surface area contributed by atoms with Gasteiger partial charge in [0.25, 0.3) is 5.91 Å². The SMILES string of the molecule is CS(=O)(=O)N1CCCC1C(=O)OCC(=O)NC(=O)NCc1ccccc1. The van der Waals surface area contributed by atoms with E-state index in [1.165, 1.54) is 0 Å². The molecule has 1 fully saturated rings. The molecule has 10 heteroatoms. The average molecular weight is 383 g/mol. The summed E-state index contributed by atoms with van der Waals surface area (Å²) in [6, 6.07) is 7.48. The molecule has 1 aromatic carbocycles. The Morgan fingerprint density at radius 3 is 2.58 bits per heavy atom. The van der Waals surface area contributed by atoms with Crippen molar-refractivity contribution in [1.82, 2.24) is 14.9 Å². The van der Waals surface area contributed by atoms with Gasteiger partial charge in [-0.1, -0.05) is 30.3 Å². The zero-order valence-corrected chi connectivity index (χ0v) is 15.1. The lowest BCUT2D eigenvalue weighted by atomic mass is 10.2. The molecule has 1 aliphatic heterocycles. The molecule has 0 aromatic heterocycles. The van der Waals surface area contributed by atoms with Crippen LogP contribution >= 0.6 is 0 Å². The number of ether oxygens (including phenoxy) is 1. The first kappa shape index (κ1) is 19.9. The number of nitrogens with zero attached hydrogens (tertiary/aromatic N) is 1. The Labute approximate surface area is 151 Å². The van der Waals surface area contributed by atoms with Crippen LogP contribution < -0.4 is 10.6 Å². The fourth-order valence-corrected chi connectivity index (χ4v) is 3.71. The van der Waals surface area contributed by atoms with E-state index in [-0.39, 0.29) is 13.1 Å². The highest BCUT2D eigenvalue weighted by molar-refractivity contribution is 7.88. The molecule has 1 saturated heterocycles. The number of rotatable bonds is 6. The first-order valence-corrected chi connectivity index (χ1v) is 9.87. The predicted molar refractivity (Wildman–Crippen MR) is 92.4 cm³/mol. The van der Waals surface area contributed by atoms with E-state index in [9.17, 15) is 22.8 Å². The first-order chi connectivity index (χ1) is 12.3. The Hall–Kier alpha value is -2.46. The van der Waals surface area contributed by atoms with E-state index < -0.39 is 40.6 Å². The lowest BCUT2D eigenvalue weighted by molar-refractivity contribution is -0.151. The molecule has 1 atom stereocenters. The zero-order chi connectivity index (χ0) is 19.2. The second-order valence-corrected chi connectivity index (χ2v) is 7.79. The van der Waals surface area contributed by atoms with Crippen molar-refractivity contribution in [2.75, 3.05) is 19.4 Å². The second kappa shape index (κ2) is 8.77. The number of hydrogen-bond acceptors (Lipinski definition) is 6. The Morgan fingerprint density at radius 2 is 1.92 bits per heavy atom. The molecule has 1 unspecified atom stereocenters. The molecule has 3 amide bonds. The van der Waals surface area contributed by atoms with Gasteiger partial charge in [0.1, 0.15) is 6.04 Å². The number of amides is 3. The van der Waals surface area contributed by atoms with Crippen LogP contribution in [0.15, 0.2) is 30.3 Å². The lowest BCUT2D eigenvalue weighted by Gasteiger charge is -2.20. The molecule has 2 rings (SSSR count). The molecule has 1 aromatic rings. The van der Waals surface area contributed by atoms with Crippen molar-refractivity contribution in [3.63, 3.8) is 0 Å². The summed E-state index contributed by atoms with van der Waals surface area (Å²) < 4.78 is 29.1. The minimum absolute atomic E-state index is 0.241. The van der Waals surface area contributed by atoms with E-state index in [1.807, 2.05) is 35.6 Å². The zero-order valence-electron chi connectivity index (χ0n) is 14.3. The van der Waals surface area contributed by atoms with Gasteiger partial charge in [-0.05, 0) is 18.4 Å². The molecule has 0 radical (unpaired) electrons. The summed E-state index contributed by atoms with van der Waals surface area (Å²) in [5.74, 6) is -1.60. The molecule has 0 spiro atoms. The van der Waals surface area contributed by atoms with E-state index >= 15 is 0 Å². The van der Waals surface area contributed by atoms with Crippen LogP contribution in [0.4, 0.5) is 4.79 Å². The highest BCUT2D eigenvalue weighted by atomic mass is 32.2. The molecule has 142 valence electrons. The second-order valence-electron chi connectivity index (χ2n) is 5.86. The summed E-state index contributed by atoms with van der Waals surface area (Å²) in [4.78, 5) is 35.3. The molecule has 9 nitrogen and oxygen atoms in total. The first-order valence-electron chi connectivity index (χ1n) is 8.02. The van der Waals surface area contributed by atoms with Crippen LogP contribution in [0.5, 0.6) is 0 Å². The van der Waals surface area contributed by atoms with Gasteiger partial charge >= 0.3 is 12.0 Å². The van der Waals surface area contributed by atoms with Gasteiger partial charge in [-0.25, -0.2) is 13.2 Å². The van der Waals surface area contributed by atoms with Crippen molar-refractivity contribution >= 4 is 27.9 Å². The molecule has 2 N–H and O–H groups in total. The third-order valence-electron chi connectivity index (χ3n) is 3.80. The molecular weight excluding hydrogens is 362 g/mol. The molecule has 1 aliphatic rings. The van der Waals surface area contributed by atoms with Gasteiger partial charge in [0.2, 0.25) is 10.0 Å². The maximum absolute atomic E-state index is 12.0. The van der Waals surface area contributed by atoms with Gasteiger partial charge in [0.05, 0.1) is 6.26 Å². The van der Waals surface area contributed by atoms with Gasteiger partial charge < -0.3 is 10.1 Å². The quantitative estimate of drug-likeness (QED) is 0.666. The Morgan fingerprint density at radius 1 is 1.23 bits per heavy atom. The van der Waals surface area contributed by atoms with Crippen LogP contribution in [0.1, 0.15) is 18.4 Å². The van der Waals surface area contributed by atoms with Crippen molar-refractivity contribution in [1.29, 1.82) is 0 Å². The van der Waals surface area contributed by atoms with Gasteiger partial charge in [-0.2, -0.15) is 4.31 Å². The Balaban J connectivity index is 1.74. The smallest absolute Gasteiger partial charge is 0.324 e. The van der Waals surface area contributed by atoms with Crippen LogP contribution in [-0.2, 0) is 30.9 Å². The lowest BCUT2D eigenvalue weighted by Crippen LogP contribution is -2.44. The molecular formula is C16H21N3O6S. The largest absolute Gasteiger partial charge is 0.454 e. The number of esters is 1. The standard InChI is InChI=1S/C16H21N3O6S/c1-26(23,24)19-9-5-8-13(19)15(21)25-11-14(20)18-16(22)17-10-12-6-3-2-4-7-12/h2-4,6-7,13H,5,8-11H2,1H3,(H2,17,18,20,22). The van der Waals surface area contributed by atoms with Gasteiger partial charge in [-0.15, -0.1) is 0 Å². The van der Waals surface area contributed by atoms with Crippen LogP contribution in [-0.4, -0.2) is 56.1 Å². The van der Waals surface area contributed by atoms with Crippen molar-refractivity contribution < 1.29 is 27.5 Å². The van der Waals surface area contributed by atoms with Gasteiger partial charge in [-0.3, -0.25) is 14.9 Å². The van der Waals surface area contributed by atoms with Crippen molar-refractivity contribution in [3.8, 4) is 0 Å². The number of urea groups is 1. The highest BCUT2D eigenvalue weighted by Crippen LogP contribution is 2.21. The fourth-order valence-electron chi connectivity index (χ4n) is 2.59. The maximum atomic E-state index is 12.0. The van der Waals surface area contributed by atoms with E-state index in [0.717, 1.165) is 16.1 Å². The van der Waals surface area contributed by atoms with Crippen LogP contribution in [0.25, 0.3) is 0 Å². The van der Waals surface area contributed by atoms with Crippen LogP contribution in [0, 0.1) is 0 Å². The monoisotopic (exact) mass is 383 g/mol. The van der Waals surface area contributed by atoms with Gasteiger partial charge in [0, 0.05) is 13.1 Å². The molecule has 0 saturated carbocycles. The van der Waals surface area contributed by atoms with E-state index in [2.05, 4.69) is 5.32 Å². The van der Waals surface area contributed by atoms with Crippen molar-refractivity contribution in [2.24, 2.45) is 0 Å². The summed E-state index contributed by atoms with van der Waals surface area (Å²) in [7, 11) is -3.52. The number of imide groups is 1. The fraction of sp³-hybridized carbons (Fsp3) is 0.438. The van der Waals surface area contributed by atoms with Crippen molar-refractivity contribution in [2.45, 2.75) is 25.4 Å². The van der Waals surface area contributed by atoms with Crippen molar-refractivity contribution in [3.05, 3.63) is 35.9 Å². The highest BCUT2D eigenvalue weighted by Gasteiger charge is 2.37. The summed E-state index contributed by atoms with van der Waals surface area (Å²) in [6.07, 6.45) is 1.90. The predicted octanol–water partition coefficient (Wildman–Crippen LogP) is -0.0204. The van der Waals surface area contributed by atoms with Crippen LogP contribution in [0.2, 0.25) is 0 Å². The van der Waals surface area contributed by atoms with E-state index in [0.29, 0.717) is 12.8 Å². The molecule has 0 bridgehead atoms. The third-order valence-corrected chi connectivity index (χ3v) is 5.09. The summed E-state index contributed by atoms with van der Waals surface area (Å²) in [6.45, 7) is -0.177. The number of carbonyl (C=O) groups excluding carboxylic acids is 3. The maximum Gasteiger partial charge on any atom is 0.324 e. The summed E-state index contributed by atoms with van der Waals surface area (Å²) >= 11 is 0. The summed E-state index contributed by atoms with van der Waals surface area (Å²) in [5.41, 5.74) is 0.864. The summed E-state index contributed by atoms with van der Waals surface area (Å²) in [5, 5.41) is 4.54. The topological polar surface area (TPSA) is 122 Å². The van der Waals surface area contributed by atoms with Gasteiger partial charge in [0.15, 0.2) is 6.61 Å². The Bertz CT molecular complexity index is 765. The number of carbonyl (C=O) groups is 3. The van der Waals surface area contributed by atoms with E-state index in [1.54, 1.807) is 0 Å². The molecule has 26 heavy (non-hydrogen) atoms. The number of hydrogen-bond donors (Lipinski definition) is 2. The van der Waals surface area contributed by atoms with E-state index in [4.69, 9.17) is 4.74 Å². The minimum Gasteiger partial charge on any atom is -0.454 e. The normalized spacial score (nSPS) is 17.5. The minimum atomic E-state index is -3.52.